The lowest BCUT2D eigenvalue weighted by atomic mass is 10.1. The van der Waals surface area contributed by atoms with Crippen molar-refractivity contribution in [3.63, 3.8) is 0 Å². The van der Waals surface area contributed by atoms with Gasteiger partial charge in [-0.25, -0.2) is 17.4 Å². The molecule has 0 saturated carbocycles. The average molecular weight is 294 g/mol. The van der Waals surface area contributed by atoms with E-state index in [1.54, 1.807) is 26.0 Å². The van der Waals surface area contributed by atoms with E-state index in [4.69, 9.17) is 4.74 Å². The Bertz CT molecular complexity index is 733. The van der Waals surface area contributed by atoms with Gasteiger partial charge in [-0.3, -0.25) is 0 Å². The van der Waals surface area contributed by atoms with Gasteiger partial charge in [0.2, 0.25) is 0 Å². The minimum atomic E-state index is -3.61. The number of aromatic nitrogens is 2. The first-order valence-electron chi connectivity index (χ1n) is 6.37. The highest BCUT2D eigenvalue weighted by atomic mass is 32.2. The second-order valence-corrected chi connectivity index (χ2v) is 6.37. The zero-order valence-corrected chi connectivity index (χ0v) is 12.9. The predicted octanol–water partition coefficient (Wildman–Crippen LogP) is 2.44. The minimum absolute atomic E-state index is 0.277. The molecule has 0 aliphatic rings. The number of hydrogen-bond donors (Lipinski definition) is 0. The van der Waals surface area contributed by atoms with Crippen molar-refractivity contribution in [2.24, 2.45) is 0 Å². The van der Waals surface area contributed by atoms with Gasteiger partial charge in [-0.1, -0.05) is 0 Å². The van der Waals surface area contributed by atoms with E-state index >= 15 is 0 Å². The van der Waals surface area contributed by atoms with E-state index in [2.05, 4.69) is 4.98 Å². The lowest BCUT2D eigenvalue weighted by Crippen LogP contribution is -2.15. The lowest BCUT2D eigenvalue weighted by Gasteiger charge is -2.14. The quantitative estimate of drug-likeness (QED) is 0.869. The van der Waals surface area contributed by atoms with Crippen LogP contribution in [0.1, 0.15) is 23.9 Å². The Kier molecular flexibility index (Phi) is 3.85. The van der Waals surface area contributed by atoms with Gasteiger partial charge in [-0.15, -0.1) is 0 Å². The second-order valence-electron chi connectivity index (χ2n) is 4.59. The van der Waals surface area contributed by atoms with E-state index in [0.29, 0.717) is 23.7 Å². The van der Waals surface area contributed by atoms with E-state index in [1.165, 1.54) is 16.4 Å². The maximum absolute atomic E-state index is 12.6. The van der Waals surface area contributed by atoms with Crippen LogP contribution in [0, 0.1) is 20.8 Å². The van der Waals surface area contributed by atoms with Gasteiger partial charge in [0.1, 0.15) is 11.6 Å². The van der Waals surface area contributed by atoms with Gasteiger partial charge in [-0.2, -0.15) is 0 Å². The van der Waals surface area contributed by atoms with Gasteiger partial charge >= 0.3 is 0 Å². The number of hydrogen-bond acceptors (Lipinski definition) is 4. The summed E-state index contributed by atoms with van der Waals surface area (Å²) in [5.41, 5.74) is 1.46. The molecule has 0 aliphatic carbocycles. The Morgan fingerprint density at radius 1 is 1.20 bits per heavy atom. The van der Waals surface area contributed by atoms with Crippen molar-refractivity contribution in [2.45, 2.75) is 32.6 Å². The molecule has 0 spiro atoms. The van der Waals surface area contributed by atoms with Gasteiger partial charge in [0.15, 0.2) is 0 Å². The van der Waals surface area contributed by atoms with Crippen LogP contribution in [-0.4, -0.2) is 24.0 Å². The molecule has 2 aromatic rings. The number of imidazole rings is 1. The van der Waals surface area contributed by atoms with E-state index in [-0.39, 0.29) is 4.90 Å². The molecule has 1 heterocycles. The zero-order chi connectivity index (χ0) is 14.9. The molecule has 0 unspecified atom stereocenters. The second kappa shape index (κ2) is 5.28. The van der Waals surface area contributed by atoms with Crippen LogP contribution in [0.15, 0.2) is 29.4 Å². The molecule has 0 bridgehead atoms. The molecular weight excluding hydrogens is 276 g/mol. The third-order valence-corrected chi connectivity index (χ3v) is 4.99. The van der Waals surface area contributed by atoms with Crippen LogP contribution in [0.25, 0.3) is 0 Å². The van der Waals surface area contributed by atoms with Crippen molar-refractivity contribution in [1.82, 2.24) is 8.96 Å². The first-order chi connectivity index (χ1) is 9.37. The summed E-state index contributed by atoms with van der Waals surface area (Å²) in [6.45, 7) is 7.71. The van der Waals surface area contributed by atoms with Crippen LogP contribution >= 0.6 is 0 Å². The van der Waals surface area contributed by atoms with E-state index in [0.717, 1.165) is 5.56 Å². The molecule has 5 nitrogen and oxygen atoms in total. The highest BCUT2D eigenvalue weighted by molar-refractivity contribution is 7.90. The van der Waals surface area contributed by atoms with E-state index in [9.17, 15) is 8.42 Å². The van der Waals surface area contributed by atoms with Gasteiger partial charge in [0, 0.05) is 12.4 Å². The molecular formula is C14H18N2O3S. The molecule has 20 heavy (non-hydrogen) atoms. The Balaban J connectivity index is 2.59. The number of benzene rings is 1. The molecule has 0 fully saturated rings. The molecule has 2 rings (SSSR count). The number of rotatable bonds is 4. The fraction of sp³-hybridized carbons (Fsp3) is 0.357. The number of nitrogens with zero attached hydrogens (tertiary/aromatic N) is 2. The standard InChI is InChI=1S/C14H18N2O3S/c1-5-19-13-8-11(3)14(9-10(13)2)20(17,18)16-7-6-15-12(16)4/h6-9H,5H2,1-4H3. The summed E-state index contributed by atoms with van der Waals surface area (Å²) >= 11 is 0. The largest absolute Gasteiger partial charge is 0.494 e. The van der Waals surface area contributed by atoms with Crippen LogP contribution in [0.3, 0.4) is 0 Å². The van der Waals surface area contributed by atoms with Crippen molar-refractivity contribution in [3.8, 4) is 5.75 Å². The van der Waals surface area contributed by atoms with Crippen molar-refractivity contribution in [1.29, 1.82) is 0 Å². The first-order valence-corrected chi connectivity index (χ1v) is 7.81. The summed E-state index contributed by atoms with van der Waals surface area (Å²) in [6, 6.07) is 3.41. The van der Waals surface area contributed by atoms with E-state index < -0.39 is 10.0 Å². The van der Waals surface area contributed by atoms with Crippen LogP contribution in [0.4, 0.5) is 0 Å². The van der Waals surface area contributed by atoms with Crippen LogP contribution in [0.2, 0.25) is 0 Å². The van der Waals surface area contributed by atoms with Gasteiger partial charge < -0.3 is 4.74 Å². The van der Waals surface area contributed by atoms with E-state index in [1.807, 2.05) is 13.8 Å². The normalized spacial score (nSPS) is 11.6. The number of ether oxygens (including phenoxy) is 1. The maximum atomic E-state index is 12.6. The summed E-state index contributed by atoms with van der Waals surface area (Å²) in [4.78, 5) is 4.24. The SMILES string of the molecule is CCOc1cc(C)c(S(=O)(=O)n2ccnc2C)cc1C. The molecule has 0 radical (unpaired) electrons. The Hall–Kier alpha value is -1.82. The van der Waals surface area contributed by atoms with Crippen LogP contribution in [0.5, 0.6) is 5.75 Å². The molecule has 0 N–H and O–H groups in total. The molecule has 108 valence electrons. The summed E-state index contributed by atoms with van der Waals surface area (Å²) in [5, 5.41) is 0. The topological polar surface area (TPSA) is 61.2 Å². The van der Waals surface area contributed by atoms with Crippen LogP contribution < -0.4 is 4.74 Å². The smallest absolute Gasteiger partial charge is 0.269 e. The predicted molar refractivity (Wildman–Crippen MR) is 76.6 cm³/mol. The van der Waals surface area contributed by atoms with Crippen molar-refractivity contribution >= 4 is 10.0 Å². The third-order valence-electron chi connectivity index (χ3n) is 3.09. The lowest BCUT2D eigenvalue weighted by molar-refractivity contribution is 0.337. The monoisotopic (exact) mass is 294 g/mol. The molecule has 0 atom stereocenters. The van der Waals surface area contributed by atoms with Crippen molar-refractivity contribution in [3.05, 3.63) is 41.5 Å². The molecule has 0 aliphatic heterocycles. The molecule has 1 aromatic heterocycles. The first kappa shape index (κ1) is 14.6. The summed E-state index contributed by atoms with van der Waals surface area (Å²) in [5.74, 6) is 1.15. The molecule has 1 aromatic carbocycles. The fourth-order valence-electron chi connectivity index (χ4n) is 2.08. The Morgan fingerprint density at radius 3 is 2.45 bits per heavy atom. The summed E-state index contributed by atoms with van der Waals surface area (Å²) < 4.78 is 32.0. The highest BCUT2D eigenvalue weighted by Crippen LogP contribution is 2.27. The van der Waals surface area contributed by atoms with Gasteiger partial charge in [-0.05, 0) is 51.0 Å². The van der Waals surface area contributed by atoms with Crippen molar-refractivity contribution < 1.29 is 13.2 Å². The minimum Gasteiger partial charge on any atom is -0.494 e. The average Bonchev–Trinajstić information content (AvgIpc) is 2.80. The number of aryl methyl sites for hydroxylation is 3. The Labute approximate surface area is 119 Å². The highest BCUT2D eigenvalue weighted by Gasteiger charge is 2.22. The molecule has 6 heteroatoms. The molecule has 0 amide bonds. The van der Waals surface area contributed by atoms with Gasteiger partial charge in [0.05, 0.1) is 11.5 Å². The fourth-order valence-corrected chi connectivity index (χ4v) is 3.69. The molecule has 0 saturated heterocycles. The maximum Gasteiger partial charge on any atom is 0.269 e. The zero-order valence-electron chi connectivity index (χ0n) is 12.0. The van der Waals surface area contributed by atoms with Gasteiger partial charge in [0.25, 0.3) is 10.0 Å². The summed E-state index contributed by atoms with van der Waals surface area (Å²) in [6.07, 6.45) is 2.93. The third kappa shape index (κ3) is 2.43. The summed E-state index contributed by atoms with van der Waals surface area (Å²) in [7, 11) is -3.61. The Morgan fingerprint density at radius 2 is 1.90 bits per heavy atom. The van der Waals surface area contributed by atoms with Crippen molar-refractivity contribution in [2.75, 3.05) is 6.61 Å². The van der Waals surface area contributed by atoms with Crippen LogP contribution in [-0.2, 0) is 10.0 Å².